The summed E-state index contributed by atoms with van der Waals surface area (Å²) in [6.45, 7) is 2.68. The molecule has 2 aliphatic rings. The summed E-state index contributed by atoms with van der Waals surface area (Å²) in [4.78, 5) is 25.8. The number of likely N-dealkylation sites (tertiary alicyclic amines) is 1. The Morgan fingerprint density at radius 2 is 1.89 bits per heavy atom. The predicted octanol–water partition coefficient (Wildman–Crippen LogP) is 3.78. The van der Waals surface area contributed by atoms with E-state index in [-0.39, 0.29) is 5.78 Å². The van der Waals surface area contributed by atoms with Crippen molar-refractivity contribution >= 4 is 17.8 Å². The highest BCUT2D eigenvalue weighted by atomic mass is 16.5. The lowest BCUT2D eigenvalue weighted by Gasteiger charge is -2.44. The van der Waals surface area contributed by atoms with Gasteiger partial charge >= 0.3 is 5.97 Å². The van der Waals surface area contributed by atoms with Crippen molar-refractivity contribution in [2.75, 3.05) is 13.1 Å². The third-order valence-corrected chi connectivity index (χ3v) is 5.55. The zero-order valence-corrected chi connectivity index (χ0v) is 15.6. The molecule has 2 aliphatic heterocycles. The SMILES string of the molecule is O=C(O)C=Cc1ccc2c(c1)OC1(CCN(Cc3ccccc3)CC1)CC2=O. The predicted molar refractivity (Wildman–Crippen MR) is 106 cm³/mol. The van der Waals surface area contributed by atoms with Gasteiger partial charge < -0.3 is 9.84 Å². The minimum atomic E-state index is -1.00. The van der Waals surface area contributed by atoms with Crippen molar-refractivity contribution in [1.29, 1.82) is 0 Å². The van der Waals surface area contributed by atoms with Gasteiger partial charge in [0.2, 0.25) is 0 Å². The number of nitrogens with zero attached hydrogens (tertiary/aromatic N) is 1. The Bertz CT molecular complexity index is 911. The molecule has 0 bridgehead atoms. The number of hydrogen-bond donors (Lipinski definition) is 1. The van der Waals surface area contributed by atoms with E-state index in [2.05, 4.69) is 29.2 Å². The van der Waals surface area contributed by atoms with E-state index in [1.807, 2.05) is 6.07 Å². The molecule has 0 atom stereocenters. The first-order chi connectivity index (χ1) is 13.5. The average Bonchev–Trinajstić information content (AvgIpc) is 2.69. The summed E-state index contributed by atoms with van der Waals surface area (Å²) in [5, 5.41) is 8.81. The fraction of sp³-hybridized carbons (Fsp3) is 0.304. The first-order valence-corrected chi connectivity index (χ1v) is 9.57. The number of carboxylic acids is 1. The van der Waals surface area contributed by atoms with Gasteiger partial charge in [-0.05, 0) is 29.3 Å². The van der Waals surface area contributed by atoms with E-state index in [1.165, 1.54) is 11.6 Å². The van der Waals surface area contributed by atoms with Crippen LogP contribution in [0.4, 0.5) is 0 Å². The number of piperidine rings is 1. The third kappa shape index (κ3) is 3.99. The van der Waals surface area contributed by atoms with Gasteiger partial charge in [-0.15, -0.1) is 0 Å². The molecular formula is C23H23NO4. The molecule has 0 aromatic heterocycles. The highest BCUT2D eigenvalue weighted by Gasteiger charge is 2.42. The topological polar surface area (TPSA) is 66.8 Å². The maximum absolute atomic E-state index is 12.7. The van der Waals surface area contributed by atoms with Crippen LogP contribution in [0.1, 0.15) is 40.7 Å². The van der Waals surface area contributed by atoms with Gasteiger partial charge in [0.25, 0.3) is 0 Å². The smallest absolute Gasteiger partial charge is 0.328 e. The van der Waals surface area contributed by atoms with E-state index < -0.39 is 11.6 Å². The van der Waals surface area contributed by atoms with Crippen LogP contribution >= 0.6 is 0 Å². The number of ketones is 1. The quantitative estimate of drug-likeness (QED) is 0.822. The van der Waals surface area contributed by atoms with Gasteiger partial charge in [0.15, 0.2) is 5.78 Å². The molecule has 5 heteroatoms. The first-order valence-electron chi connectivity index (χ1n) is 9.57. The molecule has 28 heavy (non-hydrogen) atoms. The summed E-state index contributed by atoms with van der Waals surface area (Å²) < 4.78 is 6.35. The van der Waals surface area contributed by atoms with Crippen LogP contribution in [0.2, 0.25) is 0 Å². The lowest BCUT2D eigenvalue weighted by molar-refractivity contribution is -0.131. The summed E-state index contributed by atoms with van der Waals surface area (Å²) in [6.07, 6.45) is 4.62. The van der Waals surface area contributed by atoms with Crippen LogP contribution in [-0.4, -0.2) is 40.4 Å². The van der Waals surface area contributed by atoms with E-state index in [4.69, 9.17) is 9.84 Å². The second-order valence-electron chi connectivity index (χ2n) is 7.57. The zero-order valence-electron chi connectivity index (χ0n) is 15.6. The summed E-state index contributed by atoms with van der Waals surface area (Å²) >= 11 is 0. The van der Waals surface area contributed by atoms with Gasteiger partial charge in [0.1, 0.15) is 11.4 Å². The van der Waals surface area contributed by atoms with Crippen LogP contribution in [0.15, 0.2) is 54.6 Å². The first kappa shape index (κ1) is 18.4. The van der Waals surface area contributed by atoms with Crippen molar-refractivity contribution < 1.29 is 19.4 Å². The number of Topliss-reactive ketones (excluding diaryl/α,β-unsaturated/α-hetero) is 1. The highest BCUT2D eigenvalue weighted by molar-refractivity contribution is 6.00. The van der Waals surface area contributed by atoms with Crippen molar-refractivity contribution in [3.05, 3.63) is 71.3 Å². The number of ether oxygens (including phenoxy) is 1. The molecule has 2 aromatic rings. The van der Waals surface area contributed by atoms with Gasteiger partial charge in [0.05, 0.1) is 12.0 Å². The van der Waals surface area contributed by atoms with Crippen molar-refractivity contribution in [3.63, 3.8) is 0 Å². The second kappa shape index (κ2) is 7.60. The third-order valence-electron chi connectivity index (χ3n) is 5.55. The molecule has 4 rings (SSSR count). The Balaban J connectivity index is 1.47. The lowest BCUT2D eigenvalue weighted by Crippen LogP contribution is -2.50. The van der Waals surface area contributed by atoms with Crippen LogP contribution in [0.3, 0.4) is 0 Å². The van der Waals surface area contributed by atoms with E-state index in [1.54, 1.807) is 18.2 Å². The fourth-order valence-electron chi connectivity index (χ4n) is 4.02. The molecule has 1 saturated heterocycles. The molecule has 1 N–H and O–H groups in total. The highest BCUT2D eigenvalue weighted by Crippen LogP contribution is 2.40. The van der Waals surface area contributed by atoms with Gasteiger partial charge in [0, 0.05) is 38.6 Å². The Labute approximate surface area is 164 Å². The van der Waals surface area contributed by atoms with Crippen molar-refractivity contribution in [3.8, 4) is 5.75 Å². The minimum Gasteiger partial charge on any atom is -0.486 e. The van der Waals surface area contributed by atoms with E-state index >= 15 is 0 Å². The number of aliphatic carboxylic acids is 1. The van der Waals surface area contributed by atoms with Gasteiger partial charge in [-0.3, -0.25) is 9.69 Å². The molecular weight excluding hydrogens is 354 g/mol. The van der Waals surface area contributed by atoms with Crippen LogP contribution in [0, 0.1) is 0 Å². The Morgan fingerprint density at radius 1 is 1.14 bits per heavy atom. The normalized spacial score (nSPS) is 18.8. The van der Waals surface area contributed by atoms with E-state index in [0.29, 0.717) is 23.3 Å². The van der Waals surface area contributed by atoms with Gasteiger partial charge in [-0.25, -0.2) is 4.79 Å². The fourth-order valence-corrected chi connectivity index (χ4v) is 4.02. The summed E-state index contributed by atoms with van der Waals surface area (Å²) in [7, 11) is 0. The largest absolute Gasteiger partial charge is 0.486 e. The van der Waals surface area contributed by atoms with Gasteiger partial charge in [-0.1, -0.05) is 36.4 Å². The molecule has 0 radical (unpaired) electrons. The standard InChI is InChI=1S/C23H23NO4/c25-20-15-23(10-12-24(13-11-23)16-18-4-2-1-3-5-18)28-21-14-17(6-8-19(20)21)7-9-22(26)27/h1-9,14H,10-13,15-16H2,(H,26,27). The molecule has 5 nitrogen and oxygen atoms in total. The van der Waals surface area contributed by atoms with E-state index in [0.717, 1.165) is 38.6 Å². The second-order valence-corrected chi connectivity index (χ2v) is 7.57. The molecule has 0 unspecified atom stereocenters. The Hall–Kier alpha value is -2.92. The molecule has 0 aliphatic carbocycles. The molecule has 144 valence electrons. The molecule has 1 fully saturated rings. The number of carboxylic acid groups (broad SMARTS) is 1. The van der Waals surface area contributed by atoms with Crippen LogP contribution < -0.4 is 4.74 Å². The average molecular weight is 377 g/mol. The van der Waals surface area contributed by atoms with Crippen LogP contribution in [0.5, 0.6) is 5.75 Å². The van der Waals surface area contributed by atoms with Crippen LogP contribution in [0.25, 0.3) is 6.08 Å². The summed E-state index contributed by atoms with van der Waals surface area (Å²) in [5.74, 6) is -0.330. The zero-order chi connectivity index (χ0) is 19.6. The summed E-state index contributed by atoms with van der Waals surface area (Å²) in [5.41, 5.74) is 2.14. The van der Waals surface area contributed by atoms with Crippen molar-refractivity contribution in [2.45, 2.75) is 31.4 Å². The minimum absolute atomic E-state index is 0.103. The number of fused-ring (bicyclic) bond motifs is 1. The Morgan fingerprint density at radius 3 is 2.61 bits per heavy atom. The molecule has 0 amide bonds. The van der Waals surface area contributed by atoms with Gasteiger partial charge in [-0.2, -0.15) is 0 Å². The van der Waals surface area contributed by atoms with Crippen LogP contribution in [-0.2, 0) is 11.3 Å². The number of rotatable bonds is 4. The summed E-state index contributed by atoms with van der Waals surface area (Å²) in [6, 6.07) is 15.6. The lowest BCUT2D eigenvalue weighted by atomic mass is 9.82. The monoisotopic (exact) mass is 377 g/mol. The molecule has 2 heterocycles. The molecule has 0 saturated carbocycles. The molecule has 1 spiro atoms. The van der Waals surface area contributed by atoms with E-state index in [9.17, 15) is 9.59 Å². The number of carbonyl (C=O) groups excluding carboxylic acids is 1. The van der Waals surface area contributed by atoms with Crippen molar-refractivity contribution in [1.82, 2.24) is 4.90 Å². The molecule has 2 aromatic carbocycles. The Kier molecular flexibility index (Phi) is 5.01. The number of hydrogen-bond acceptors (Lipinski definition) is 4. The van der Waals surface area contributed by atoms with Crippen molar-refractivity contribution in [2.24, 2.45) is 0 Å². The maximum Gasteiger partial charge on any atom is 0.328 e. The number of carbonyl (C=O) groups is 2. The number of benzene rings is 2. The maximum atomic E-state index is 12.7.